The van der Waals surface area contributed by atoms with E-state index in [1.807, 2.05) is 11.9 Å². The highest BCUT2D eigenvalue weighted by molar-refractivity contribution is 5.36. The molecule has 100 valence electrons. The van der Waals surface area contributed by atoms with Crippen molar-refractivity contribution in [2.24, 2.45) is 0 Å². The van der Waals surface area contributed by atoms with Crippen LogP contribution in [0.5, 0.6) is 0 Å². The topological polar surface area (TPSA) is 46.4 Å². The number of benzene rings is 1. The number of nitrogens with zero attached hydrogens (tertiary/aromatic N) is 2. The molecule has 1 rings (SSSR count). The lowest BCUT2D eigenvalue weighted by Crippen LogP contribution is -2.28. The summed E-state index contributed by atoms with van der Waals surface area (Å²) >= 11 is 0. The standard InChI is InChI=1S/C13H19FN2O2/c1-4-6-10(2)15(3)9-11-7-5-8-12(13(11)14)16(17)18/h5,7-8,10H,4,6,9H2,1-3H3. The van der Waals surface area contributed by atoms with E-state index in [1.165, 1.54) is 12.1 Å². The highest BCUT2D eigenvalue weighted by atomic mass is 19.1. The van der Waals surface area contributed by atoms with Crippen LogP contribution >= 0.6 is 0 Å². The van der Waals surface area contributed by atoms with Gasteiger partial charge in [-0.3, -0.25) is 15.0 Å². The van der Waals surface area contributed by atoms with Gasteiger partial charge in [0.25, 0.3) is 0 Å². The second kappa shape index (κ2) is 6.44. The van der Waals surface area contributed by atoms with E-state index in [0.717, 1.165) is 12.8 Å². The summed E-state index contributed by atoms with van der Waals surface area (Å²) in [6, 6.07) is 4.63. The second-order valence-electron chi connectivity index (χ2n) is 4.56. The van der Waals surface area contributed by atoms with Crippen molar-refractivity contribution in [1.82, 2.24) is 4.90 Å². The predicted molar refractivity (Wildman–Crippen MR) is 68.9 cm³/mol. The molecule has 0 aromatic heterocycles. The van der Waals surface area contributed by atoms with Crippen molar-refractivity contribution >= 4 is 5.69 Å². The van der Waals surface area contributed by atoms with Gasteiger partial charge in [0.05, 0.1) is 4.92 Å². The number of halogens is 1. The fraction of sp³-hybridized carbons (Fsp3) is 0.538. The van der Waals surface area contributed by atoms with Crippen molar-refractivity contribution in [3.05, 3.63) is 39.7 Å². The first kappa shape index (κ1) is 14.6. The Morgan fingerprint density at radius 2 is 2.17 bits per heavy atom. The van der Waals surface area contributed by atoms with Crippen LogP contribution in [0, 0.1) is 15.9 Å². The molecule has 18 heavy (non-hydrogen) atoms. The maximum absolute atomic E-state index is 13.9. The van der Waals surface area contributed by atoms with Crippen LogP contribution in [0.3, 0.4) is 0 Å². The summed E-state index contributed by atoms with van der Waals surface area (Å²) in [6.45, 7) is 4.55. The van der Waals surface area contributed by atoms with Gasteiger partial charge in [-0.2, -0.15) is 4.39 Å². The molecule has 5 heteroatoms. The Bertz CT molecular complexity index is 423. The van der Waals surface area contributed by atoms with Crippen LogP contribution in [0.4, 0.5) is 10.1 Å². The van der Waals surface area contributed by atoms with Gasteiger partial charge in [-0.15, -0.1) is 0 Å². The van der Waals surface area contributed by atoms with E-state index in [2.05, 4.69) is 13.8 Å². The molecule has 0 heterocycles. The van der Waals surface area contributed by atoms with Crippen LogP contribution in [0.15, 0.2) is 18.2 Å². The second-order valence-corrected chi connectivity index (χ2v) is 4.56. The zero-order valence-electron chi connectivity index (χ0n) is 11.0. The molecular formula is C13H19FN2O2. The van der Waals surface area contributed by atoms with Gasteiger partial charge in [-0.1, -0.05) is 25.5 Å². The maximum Gasteiger partial charge on any atom is 0.305 e. The van der Waals surface area contributed by atoms with Crippen LogP contribution in [0.2, 0.25) is 0 Å². The zero-order chi connectivity index (χ0) is 13.7. The third kappa shape index (κ3) is 3.50. The van der Waals surface area contributed by atoms with Gasteiger partial charge in [-0.25, -0.2) is 0 Å². The molecule has 1 atom stereocenters. The quantitative estimate of drug-likeness (QED) is 0.577. The van der Waals surface area contributed by atoms with Gasteiger partial charge in [0, 0.05) is 24.2 Å². The van der Waals surface area contributed by atoms with Crippen LogP contribution in [-0.4, -0.2) is 22.9 Å². The Labute approximate surface area is 107 Å². The summed E-state index contributed by atoms with van der Waals surface area (Å²) in [4.78, 5) is 12.0. The van der Waals surface area contributed by atoms with Crippen molar-refractivity contribution < 1.29 is 9.31 Å². The van der Waals surface area contributed by atoms with E-state index >= 15 is 0 Å². The summed E-state index contributed by atoms with van der Waals surface area (Å²) in [5, 5.41) is 10.6. The fourth-order valence-corrected chi connectivity index (χ4v) is 1.89. The van der Waals surface area contributed by atoms with Crippen molar-refractivity contribution in [3.63, 3.8) is 0 Å². The lowest BCUT2D eigenvalue weighted by molar-refractivity contribution is -0.387. The van der Waals surface area contributed by atoms with E-state index in [9.17, 15) is 14.5 Å². The monoisotopic (exact) mass is 254 g/mol. The van der Waals surface area contributed by atoms with Gasteiger partial charge < -0.3 is 0 Å². The molecule has 4 nitrogen and oxygen atoms in total. The van der Waals surface area contributed by atoms with Crippen molar-refractivity contribution in [3.8, 4) is 0 Å². The number of nitro groups is 1. The summed E-state index contributed by atoms with van der Waals surface area (Å²) in [5.74, 6) is -0.724. The fourth-order valence-electron chi connectivity index (χ4n) is 1.89. The number of hydrogen-bond donors (Lipinski definition) is 0. The van der Waals surface area contributed by atoms with Gasteiger partial charge in [0.15, 0.2) is 0 Å². The Balaban J connectivity index is 2.85. The molecule has 0 N–H and O–H groups in total. The molecular weight excluding hydrogens is 235 g/mol. The molecule has 0 saturated heterocycles. The van der Waals surface area contributed by atoms with Gasteiger partial charge in [0.1, 0.15) is 0 Å². The summed E-state index contributed by atoms with van der Waals surface area (Å²) < 4.78 is 13.9. The molecule has 0 radical (unpaired) electrons. The molecule has 0 bridgehead atoms. The zero-order valence-corrected chi connectivity index (χ0v) is 11.0. The first-order valence-electron chi connectivity index (χ1n) is 6.09. The predicted octanol–water partition coefficient (Wildman–Crippen LogP) is 3.35. The van der Waals surface area contributed by atoms with E-state index in [4.69, 9.17) is 0 Å². The third-order valence-corrected chi connectivity index (χ3v) is 3.13. The molecule has 0 fully saturated rings. The Hall–Kier alpha value is -1.49. The molecule has 1 aromatic rings. The molecule has 0 saturated carbocycles. The lowest BCUT2D eigenvalue weighted by Gasteiger charge is -2.24. The minimum atomic E-state index is -0.724. The average molecular weight is 254 g/mol. The maximum atomic E-state index is 13.9. The molecule has 0 amide bonds. The van der Waals surface area contributed by atoms with Gasteiger partial charge in [0.2, 0.25) is 5.82 Å². The van der Waals surface area contributed by atoms with Gasteiger partial charge >= 0.3 is 5.69 Å². The van der Waals surface area contributed by atoms with Crippen LogP contribution in [0.1, 0.15) is 32.3 Å². The molecule has 1 aromatic carbocycles. The average Bonchev–Trinajstić information content (AvgIpc) is 2.31. The first-order valence-corrected chi connectivity index (χ1v) is 6.09. The van der Waals surface area contributed by atoms with E-state index in [0.29, 0.717) is 18.2 Å². The number of rotatable bonds is 6. The smallest absolute Gasteiger partial charge is 0.299 e. The normalized spacial score (nSPS) is 12.7. The summed E-state index contributed by atoms with van der Waals surface area (Å²) in [5.41, 5.74) is -0.0845. The summed E-state index contributed by atoms with van der Waals surface area (Å²) in [7, 11) is 1.90. The number of hydrogen-bond acceptors (Lipinski definition) is 3. The Morgan fingerprint density at radius 3 is 2.72 bits per heavy atom. The van der Waals surface area contributed by atoms with E-state index in [1.54, 1.807) is 6.07 Å². The largest absolute Gasteiger partial charge is 0.305 e. The van der Waals surface area contributed by atoms with E-state index < -0.39 is 16.4 Å². The third-order valence-electron chi connectivity index (χ3n) is 3.13. The number of nitro benzene ring substituents is 1. The van der Waals surface area contributed by atoms with Crippen molar-refractivity contribution in [2.75, 3.05) is 7.05 Å². The molecule has 0 aliphatic rings. The Kier molecular flexibility index (Phi) is 5.22. The van der Waals surface area contributed by atoms with Crippen LogP contribution in [-0.2, 0) is 6.54 Å². The van der Waals surface area contributed by atoms with Gasteiger partial charge in [-0.05, 0) is 20.4 Å². The minimum absolute atomic E-state index is 0.327. The SMILES string of the molecule is CCCC(C)N(C)Cc1cccc([N+](=O)[O-])c1F. The molecule has 0 aliphatic heterocycles. The summed E-state index contributed by atoms with van der Waals surface area (Å²) in [6.07, 6.45) is 2.08. The van der Waals surface area contributed by atoms with Crippen LogP contribution < -0.4 is 0 Å². The minimum Gasteiger partial charge on any atom is -0.299 e. The highest BCUT2D eigenvalue weighted by Gasteiger charge is 2.19. The van der Waals surface area contributed by atoms with E-state index in [-0.39, 0.29) is 0 Å². The first-order chi connectivity index (χ1) is 8.47. The van der Waals surface area contributed by atoms with Crippen molar-refractivity contribution in [2.45, 2.75) is 39.3 Å². The van der Waals surface area contributed by atoms with Crippen molar-refractivity contribution in [1.29, 1.82) is 0 Å². The molecule has 0 spiro atoms. The Morgan fingerprint density at radius 1 is 1.50 bits per heavy atom. The molecule has 1 unspecified atom stereocenters. The van der Waals surface area contributed by atoms with Crippen LogP contribution in [0.25, 0.3) is 0 Å². The lowest BCUT2D eigenvalue weighted by atomic mass is 10.1. The highest BCUT2D eigenvalue weighted by Crippen LogP contribution is 2.21. The molecule has 0 aliphatic carbocycles.